The Morgan fingerprint density at radius 1 is 1.12 bits per heavy atom. The normalized spacial score (nSPS) is 23.2. The molecular formula is C24H33N5O5. The van der Waals surface area contributed by atoms with Crippen molar-refractivity contribution in [3.8, 4) is 0 Å². The lowest BCUT2D eigenvalue weighted by Gasteiger charge is -2.39. The molecule has 10 heteroatoms. The molecule has 1 unspecified atom stereocenters. The molecule has 3 saturated heterocycles. The van der Waals surface area contributed by atoms with Gasteiger partial charge in [-0.25, -0.2) is 0 Å². The van der Waals surface area contributed by atoms with Gasteiger partial charge < -0.3 is 23.4 Å². The molecule has 2 aromatic rings. The van der Waals surface area contributed by atoms with Crippen LogP contribution in [-0.4, -0.2) is 89.2 Å². The first-order valence-corrected chi connectivity index (χ1v) is 12.2. The molecule has 0 radical (unpaired) electrons. The van der Waals surface area contributed by atoms with Crippen LogP contribution in [0.2, 0.25) is 0 Å². The van der Waals surface area contributed by atoms with E-state index in [1.165, 1.54) is 6.26 Å². The highest BCUT2D eigenvalue weighted by Crippen LogP contribution is 2.49. The lowest BCUT2D eigenvalue weighted by molar-refractivity contribution is -0.136. The van der Waals surface area contributed by atoms with Crippen molar-refractivity contribution >= 4 is 11.8 Å². The van der Waals surface area contributed by atoms with Gasteiger partial charge >= 0.3 is 0 Å². The van der Waals surface area contributed by atoms with Crippen LogP contribution in [0, 0.1) is 5.41 Å². The van der Waals surface area contributed by atoms with Crippen LogP contribution in [0.15, 0.2) is 27.2 Å². The summed E-state index contributed by atoms with van der Waals surface area (Å²) >= 11 is 0. The van der Waals surface area contributed by atoms with E-state index < -0.39 is 0 Å². The van der Waals surface area contributed by atoms with E-state index >= 15 is 0 Å². The van der Waals surface area contributed by atoms with E-state index in [9.17, 15) is 9.59 Å². The first kappa shape index (κ1) is 23.0. The maximum atomic E-state index is 13.1. The molecule has 0 N–H and O–H groups in total. The van der Waals surface area contributed by atoms with Gasteiger partial charge in [-0.2, -0.15) is 0 Å². The number of carbonyl (C=O) groups excluding carboxylic acids is 2. The topological polar surface area (TPSA) is 105 Å². The molecule has 3 aliphatic heterocycles. The molecule has 2 amide bonds. The van der Waals surface area contributed by atoms with Crippen LogP contribution in [-0.2, 0) is 9.53 Å². The fourth-order valence-electron chi connectivity index (χ4n) is 5.36. The van der Waals surface area contributed by atoms with E-state index in [0.717, 1.165) is 25.8 Å². The Balaban J connectivity index is 1.31. The molecule has 2 aromatic heterocycles. The quantitative estimate of drug-likeness (QED) is 0.654. The number of carbonyl (C=O) groups is 2. The smallest absolute Gasteiger partial charge is 0.289 e. The molecule has 5 rings (SSSR count). The number of morpholine rings is 1. The summed E-state index contributed by atoms with van der Waals surface area (Å²) in [5.41, 5.74) is 0.00235. The third-order valence-electron chi connectivity index (χ3n) is 7.39. The summed E-state index contributed by atoms with van der Waals surface area (Å²) in [4.78, 5) is 31.8. The van der Waals surface area contributed by atoms with Gasteiger partial charge in [-0.05, 0) is 36.8 Å². The summed E-state index contributed by atoms with van der Waals surface area (Å²) in [7, 11) is 0. The molecule has 1 atom stereocenters. The highest BCUT2D eigenvalue weighted by molar-refractivity contribution is 5.91. The number of piperidine rings is 1. The molecule has 0 saturated carbocycles. The summed E-state index contributed by atoms with van der Waals surface area (Å²) in [6, 6.07) is 3.34. The Kier molecular flexibility index (Phi) is 6.44. The average Bonchev–Trinajstić information content (AvgIpc) is 3.61. The maximum Gasteiger partial charge on any atom is 0.289 e. The van der Waals surface area contributed by atoms with Crippen molar-refractivity contribution in [3.05, 3.63) is 35.9 Å². The van der Waals surface area contributed by atoms with Crippen LogP contribution in [0.25, 0.3) is 0 Å². The van der Waals surface area contributed by atoms with E-state index in [-0.39, 0.29) is 29.2 Å². The van der Waals surface area contributed by atoms with Gasteiger partial charge in [0.25, 0.3) is 5.91 Å². The third-order valence-corrected chi connectivity index (χ3v) is 7.39. The van der Waals surface area contributed by atoms with Crippen LogP contribution in [0.3, 0.4) is 0 Å². The molecule has 3 fully saturated rings. The zero-order valence-corrected chi connectivity index (χ0v) is 19.9. The highest BCUT2D eigenvalue weighted by atomic mass is 16.5. The predicted molar refractivity (Wildman–Crippen MR) is 121 cm³/mol. The van der Waals surface area contributed by atoms with Crippen molar-refractivity contribution in [1.29, 1.82) is 0 Å². The number of likely N-dealkylation sites (tertiary alicyclic amines) is 2. The van der Waals surface area contributed by atoms with E-state index in [4.69, 9.17) is 13.6 Å². The Bertz CT molecular complexity index is 989. The van der Waals surface area contributed by atoms with E-state index in [1.54, 1.807) is 12.1 Å². The number of ether oxygens (including phenoxy) is 1. The van der Waals surface area contributed by atoms with Crippen LogP contribution in [0.5, 0.6) is 0 Å². The van der Waals surface area contributed by atoms with Gasteiger partial charge in [0, 0.05) is 38.6 Å². The molecule has 5 heterocycles. The minimum absolute atomic E-state index is 0.00235. The summed E-state index contributed by atoms with van der Waals surface area (Å²) in [6.45, 7) is 8.90. The average molecular weight is 472 g/mol. The van der Waals surface area contributed by atoms with E-state index in [2.05, 4.69) is 15.1 Å². The van der Waals surface area contributed by atoms with Crippen LogP contribution in [0.1, 0.15) is 67.4 Å². The number of hydrogen-bond acceptors (Lipinski definition) is 8. The number of aromatic nitrogens is 2. The van der Waals surface area contributed by atoms with Crippen molar-refractivity contribution in [2.45, 2.75) is 45.1 Å². The fraction of sp³-hybridized carbons (Fsp3) is 0.667. The van der Waals surface area contributed by atoms with E-state index in [0.29, 0.717) is 63.5 Å². The Morgan fingerprint density at radius 2 is 1.88 bits per heavy atom. The zero-order chi connectivity index (χ0) is 23.7. The molecule has 0 aliphatic carbocycles. The number of furan rings is 1. The molecule has 0 aromatic carbocycles. The van der Waals surface area contributed by atoms with Gasteiger partial charge in [0.05, 0.1) is 32.1 Å². The molecule has 3 aliphatic rings. The molecule has 10 nitrogen and oxygen atoms in total. The summed E-state index contributed by atoms with van der Waals surface area (Å²) in [5, 5.41) is 8.61. The van der Waals surface area contributed by atoms with Gasteiger partial charge in [0.1, 0.15) is 0 Å². The zero-order valence-electron chi connectivity index (χ0n) is 19.9. The lowest BCUT2D eigenvalue weighted by Crippen LogP contribution is -2.47. The molecule has 184 valence electrons. The highest BCUT2D eigenvalue weighted by Gasteiger charge is 2.49. The number of nitrogens with zero attached hydrogens (tertiary/aromatic N) is 5. The molecular weight excluding hydrogens is 438 g/mol. The van der Waals surface area contributed by atoms with Crippen molar-refractivity contribution < 1.29 is 23.2 Å². The van der Waals surface area contributed by atoms with Crippen molar-refractivity contribution in [2.24, 2.45) is 5.41 Å². The number of amides is 2. The largest absolute Gasteiger partial charge is 0.459 e. The molecule has 0 bridgehead atoms. The summed E-state index contributed by atoms with van der Waals surface area (Å²) in [6.07, 6.45) is 4.10. The van der Waals surface area contributed by atoms with Gasteiger partial charge in [-0.1, -0.05) is 13.8 Å². The van der Waals surface area contributed by atoms with E-state index in [1.807, 2.05) is 23.6 Å². The summed E-state index contributed by atoms with van der Waals surface area (Å²) < 4.78 is 16.7. The fourth-order valence-corrected chi connectivity index (χ4v) is 5.36. The van der Waals surface area contributed by atoms with Gasteiger partial charge in [-0.15, -0.1) is 10.2 Å². The van der Waals surface area contributed by atoms with Crippen LogP contribution >= 0.6 is 0 Å². The van der Waals surface area contributed by atoms with Crippen molar-refractivity contribution in [3.63, 3.8) is 0 Å². The van der Waals surface area contributed by atoms with Crippen molar-refractivity contribution in [1.82, 2.24) is 24.9 Å². The van der Waals surface area contributed by atoms with Crippen LogP contribution in [0.4, 0.5) is 0 Å². The Morgan fingerprint density at radius 3 is 2.53 bits per heavy atom. The summed E-state index contributed by atoms with van der Waals surface area (Å²) in [5.74, 6) is 1.78. The number of hydrogen-bond donors (Lipinski definition) is 0. The number of rotatable bonds is 5. The Labute approximate surface area is 199 Å². The first-order chi connectivity index (χ1) is 16.4. The Hall–Kier alpha value is -2.72. The minimum Gasteiger partial charge on any atom is -0.459 e. The minimum atomic E-state index is -0.0997. The third kappa shape index (κ3) is 4.61. The van der Waals surface area contributed by atoms with Crippen molar-refractivity contribution in [2.75, 3.05) is 52.5 Å². The van der Waals surface area contributed by atoms with Gasteiger partial charge in [0.2, 0.25) is 17.7 Å². The second-order valence-electron chi connectivity index (χ2n) is 10.0. The lowest BCUT2D eigenvalue weighted by atomic mass is 9.76. The molecule has 34 heavy (non-hydrogen) atoms. The second kappa shape index (κ2) is 9.50. The predicted octanol–water partition coefficient (Wildman–Crippen LogP) is 2.31. The van der Waals surface area contributed by atoms with Crippen LogP contribution < -0.4 is 0 Å². The maximum absolute atomic E-state index is 13.1. The molecule has 1 spiro atoms. The standard InChI is InChI=1S/C24H33N5O5/c1-17(2)21-25-26-22(34-21)18-14-24(16-29(18)15-20(30)27-9-12-32-13-10-27)5-7-28(8-6-24)23(31)19-4-3-11-33-19/h3-4,11,17-18H,5-10,12-16H2,1-2H3. The van der Waals surface area contributed by atoms with Gasteiger partial charge in [-0.3, -0.25) is 14.5 Å². The van der Waals surface area contributed by atoms with Gasteiger partial charge in [0.15, 0.2) is 5.76 Å². The SMILES string of the molecule is CC(C)c1nnc(C2CC3(CCN(C(=O)c4ccco4)CC3)CN2CC(=O)N2CCOCC2)o1. The monoisotopic (exact) mass is 471 g/mol. The second-order valence-corrected chi connectivity index (χ2v) is 10.0. The first-order valence-electron chi connectivity index (χ1n) is 12.2.